The van der Waals surface area contributed by atoms with Gasteiger partial charge in [-0.25, -0.2) is 9.37 Å². The third kappa shape index (κ3) is 2.67. The lowest BCUT2D eigenvalue weighted by molar-refractivity contribution is 0.0984. The molecule has 3 aromatic rings. The summed E-state index contributed by atoms with van der Waals surface area (Å²) in [6, 6.07) is 7.43. The van der Waals surface area contributed by atoms with E-state index in [2.05, 4.69) is 4.98 Å². The molecule has 1 aromatic carbocycles. The van der Waals surface area contributed by atoms with Crippen molar-refractivity contribution in [3.05, 3.63) is 70.5 Å². The summed E-state index contributed by atoms with van der Waals surface area (Å²) in [5.74, 6) is -1.06. The Balaban J connectivity index is 2.32. The van der Waals surface area contributed by atoms with Crippen LogP contribution in [0.2, 0.25) is 5.02 Å². The predicted molar refractivity (Wildman–Crippen MR) is 84.0 cm³/mol. The Morgan fingerprint density at radius 1 is 1.43 bits per heavy atom. The highest BCUT2D eigenvalue weighted by Crippen LogP contribution is 2.32. The lowest BCUT2D eigenvalue weighted by atomic mass is 10.0. The number of fused-ring (bicyclic) bond motifs is 1. The van der Waals surface area contributed by atoms with Crippen LogP contribution in [0, 0.1) is 5.82 Å². The second-order valence-electron chi connectivity index (χ2n) is 4.98. The van der Waals surface area contributed by atoms with E-state index >= 15 is 0 Å². The molecular formula is C16H13ClFN3O2. The first-order valence-corrected chi connectivity index (χ1v) is 7.13. The number of primary amides is 1. The average molecular weight is 334 g/mol. The third-order valence-electron chi connectivity index (χ3n) is 3.59. The van der Waals surface area contributed by atoms with Gasteiger partial charge in [0.25, 0.3) is 5.91 Å². The molecule has 1 amide bonds. The molecule has 2 heterocycles. The molecule has 23 heavy (non-hydrogen) atoms. The number of carbonyl (C=O) groups is 1. The van der Waals surface area contributed by atoms with Crippen molar-refractivity contribution in [2.24, 2.45) is 5.73 Å². The number of methoxy groups -OCH3 is 1. The number of benzene rings is 1. The van der Waals surface area contributed by atoms with Gasteiger partial charge in [-0.2, -0.15) is 0 Å². The summed E-state index contributed by atoms with van der Waals surface area (Å²) in [5.41, 5.74) is 7.27. The molecular weight excluding hydrogens is 321 g/mol. The number of aromatic nitrogens is 2. The van der Waals surface area contributed by atoms with Crippen molar-refractivity contribution in [3.8, 4) is 0 Å². The van der Waals surface area contributed by atoms with Gasteiger partial charge in [-0.1, -0.05) is 23.7 Å². The van der Waals surface area contributed by atoms with Crippen molar-refractivity contribution in [1.29, 1.82) is 0 Å². The molecule has 7 heteroatoms. The first-order valence-electron chi connectivity index (χ1n) is 6.75. The van der Waals surface area contributed by atoms with E-state index in [1.165, 1.54) is 31.6 Å². The number of imidazole rings is 1. The number of nitrogens with zero attached hydrogens (tertiary/aromatic N) is 2. The number of nitrogens with two attached hydrogens (primary N) is 1. The molecule has 2 aromatic heterocycles. The van der Waals surface area contributed by atoms with Crippen LogP contribution >= 0.6 is 11.6 Å². The fourth-order valence-electron chi connectivity index (χ4n) is 2.61. The summed E-state index contributed by atoms with van der Waals surface area (Å²) in [5, 5.41) is 0.342. The summed E-state index contributed by atoms with van der Waals surface area (Å²) >= 11 is 6.17. The molecule has 0 radical (unpaired) electrons. The largest absolute Gasteiger partial charge is 0.370 e. The quantitative estimate of drug-likeness (QED) is 0.798. The van der Waals surface area contributed by atoms with Crippen molar-refractivity contribution in [2.75, 3.05) is 7.11 Å². The number of amides is 1. The normalized spacial score (nSPS) is 12.5. The fraction of sp³-hybridized carbons (Fsp3) is 0.125. The van der Waals surface area contributed by atoms with E-state index in [1.807, 2.05) is 0 Å². The summed E-state index contributed by atoms with van der Waals surface area (Å²) in [6.45, 7) is 0. The minimum Gasteiger partial charge on any atom is -0.370 e. The summed E-state index contributed by atoms with van der Waals surface area (Å²) < 4.78 is 20.7. The number of carbonyl (C=O) groups excluding carboxylic acids is 1. The second kappa shape index (κ2) is 5.98. The highest BCUT2D eigenvalue weighted by Gasteiger charge is 2.24. The molecule has 0 aliphatic rings. The molecule has 0 bridgehead atoms. The zero-order valence-electron chi connectivity index (χ0n) is 12.2. The molecule has 0 aliphatic carbocycles. The number of hydrogen-bond acceptors (Lipinski definition) is 3. The molecule has 2 N–H and O–H groups in total. The van der Waals surface area contributed by atoms with E-state index in [4.69, 9.17) is 22.1 Å². The number of halogens is 2. The number of pyridine rings is 1. The Kier molecular flexibility index (Phi) is 4.02. The van der Waals surface area contributed by atoms with Crippen molar-refractivity contribution in [3.63, 3.8) is 0 Å². The first-order chi connectivity index (χ1) is 11.0. The van der Waals surface area contributed by atoms with Crippen LogP contribution in [0.3, 0.4) is 0 Å². The standard InChI is InChI=1S/C16H13ClFN3O2/c1-23-15(9-3-2-4-10(18)5-9)14-11(16(19)22)6-12(17)13-7-20-8-21(13)14/h2-8,15H,1H3,(H2,19,22). The lowest BCUT2D eigenvalue weighted by Crippen LogP contribution is -2.20. The van der Waals surface area contributed by atoms with Crippen molar-refractivity contribution < 1.29 is 13.9 Å². The Morgan fingerprint density at radius 2 is 2.22 bits per heavy atom. The molecule has 5 nitrogen and oxygen atoms in total. The van der Waals surface area contributed by atoms with E-state index in [0.29, 0.717) is 21.8 Å². The van der Waals surface area contributed by atoms with Crippen molar-refractivity contribution >= 4 is 23.0 Å². The maximum absolute atomic E-state index is 13.6. The topological polar surface area (TPSA) is 69.6 Å². The minimum atomic E-state index is -0.706. The Morgan fingerprint density at radius 3 is 2.87 bits per heavy atom. The van der Waals surface area contributed by atoms with Gasteiger partial charge in [0.2, 0.25) is 0 Å². The summed E-state index contributed by atoms with van der Waals surface area (Å²) in [4.78, 5) is 15.9. The van der Waals surface area contributed by atoms with Gasteiger partial charge in [0.05, 0.1) is 34.3 Å². The molecule has 3 rings (SSSR count). The van der Waals surface area contributed by atoms with Crippen LogP contribution in [0.1, 0.15) is 27.7 Å². The third-order valence-corrected chi connectivity index (χ3v) is 3.89. The zero-order chi connectivity index (χ0) is 16.6. The Bertz CT molecular complexity index is 894. The highest BCUT2D eigenvalue weighted by molar-refractivity contribution is 6.34. The van der Waals surface area contributed by atoms with E-state index in [1.54, 1.807) is 22.7 Å². The van der Waals surface area contributed by atoms with Gasteiger partial charge in [0, 0.05) is 7.11 Å². The smallest absolute Gasteiger partial charge is 0.250 e. The van der Waals surface area contributed by atoms with E-state index < -0.39 is 17.8 Å². The van der Waals surface area contributed by atoms with Gasteiger partial charge < -0.3 is 10.5 Å². The molecule has 0 saturated heterocycles. The number of ether oxygens (including phenoxy) is 1. The lowest BCUT2D eigenvalue weighted by Gasteiger charge is -2.21. The minimum absolute atomic E-state index is 0.191. The van der Waals surface area contributed by atoms with Gasteiger partial charge in [-0.3, -0.25) is 9.20 Å². The number of hydrogen-bond donors (Lipinski definition) is 1. The van der Waals surface area contributed by atoms with E-state index in [0.717, 1.165) is 0 Å². The molecule has 0 saturated carbocycles. The van der Waals surface area contributed by atoms with Gasteiger partial charge >= 0.3 is 0 Å². The van der Waals surface area contributed by atoms with E-state index in [9.17, 15) is 9.18 Å². The second-order valence-corrected chi connectivity index (χ2v) is 5.38. The molecule has 0 spiro atoms. The monoisotopic (exact) mass is 333 g/mol. The summed E-state index contributed by atoms with van der Waals surface area (Å²) in [7, 11) is 1.47. The highest BCUT2D eigenvalue weighted by atomic mass is 35.5. The van der Waals surface area contributed by atoms with Gasteiger partial charge in [0.1, 0.15) is 11.9 Å². The Labute approximate surface area is 136 Å². The molecule has 1 unspecified atom stereocenters. The van der Waals surface area contributed by atoms with Crippen LogP contribution in [-0.2, 0) is 4.74 Å². The van der Waals surface area contributed by atoms with Gasteiger partial charge in [-0.05, 0) is 23.8 Å². The van der Waals surface area contributed by atoms with Crippen molar-refractivity contribution in [1.82, 2.24) is 9.38 Å². The molecule has 0 aliphatic heterocycles. The number of rotatable bonds is 4. The van der Waals surface area contributed by atoms with Crippen LogP contribution in [-0.4, -0.2) is 22.4 Å². The molecule has 0 fully saturated rings. The van der Waals surface area contributed by atoms with Gasteiger partial charge in [0.15, 0.2) is 0 Å². The molecule has 1 atom stereocenters. The Hall–Kier alpha value is -2.44. The van der Waals surface area contributed by atoms with Crippen LogP contribution in [0.25, 0.3) is 5.52 Å². The zero-order valence-corrected chi connectivity index (χ0v) is 12.9. The first kappa shape index (κ1) is 15.5. The maximum atomic E-state index is 13.6. The SMILES string of the molecule is COC(c1cccc(F)c1)c1c(C(N)=O)cc(Cl)c2cncn12. The van der Waals surface area contributed by atoms with Crippen LogP contribution < -0.4 is 5.73 Å². The van der Waals surface area contributed by atoms with Gasteiger partial charge in [-0.15, -0.1) is 0 Å². The maximum Gasteiger partial charge on any atom is 0.250 e. The molecule has 118 valence electrons. The summed E-state index contributed by atoms with van der Waals surface area (Å²) in [6.07, 6.45) is 2.37. The predicted octanol–water partition coefficient (Wildman–Crippen LogP) is 2.96. The van der Waals surface area contributed by atoms with Crippen LogP contribution in [0.15, 0.2) is 42.9 Å². The van der Waals surface area contributed by atoms with Crippen LogP contribution in [0.5, 0.6) is 0 Å². The van der Waals surface area contributed by atoms with Crippen molar-refractivity contribution in [2.45, 2.75) is 6.10 Å². The fourth-order valence-corrected chi connectivity index (χ4v) is 2.86. The average Bonchev–Trinajstić information content (AvgIpc) is 3.00. The van der Waals surface area contributed by atoms with Crippen LogP contribution in [0.4, 0.5) is 4.39 Å². The van der Waals surface area contributed by atoms with E-state index in [-0.39, 0.29) is 5.56 Å².